The van der Waals surface area contributed by atoms with Crippen molar-refractivity contribution in [3.63, 3.8) is 0 Å². The molecule has 1 aliphatic heterocycles. The lowest BCUT2D eigenvalue weighted by Crippen LogP contribution is -2.49. The minimum absolute atomic E-state index is 0.122. The number of benzene rings is 1. The number of piperazine rings is 1. The number of sulfonamides is 1. The SMILES string of the molecule is Cc1cn2nc(N3CCN(S(=O)(=O)c4c(F)cccc4F)CC3)sc2n1. The van der Waals surface area contributed by atoms with Crippen molar-refractivity contribution in [2.24, 2.45) is 0 Å². The number of hydrogen-bond donors (Lipinski definition) is 0. The van der Waals surface area contributed by atoms with Gasteiger partial charge in [-0.2, -0.15) is 4.31 Å². The van der Waals surface area contributed by atoms with Crippen molar-refractivity contribution >= 4 is 31.5 Å². The van der Waals surface area contributed by atoms with Gasteiger partial charge >= 0.3 is 0 Å². The second-order valence-electron chi connectivity index (χ2n) is 5.94. The third-order valence-electron chi connectivity index (χ3n) is 4.18. The number of hydrogen-bond acceptors (Lipinski definition) is 6. The number of halogens is 2. The lowest BCUT2D eigenvalue weighted by molar-refractivity contribution is 0.378. The van der Waals surface area contributed by atoms with Gasteiger partial charge in [0.1, 0.15) is 11.6 Å². The van der Waals surface area contributed by atoms with E-state index in [1.54, 1.807) is 4.52 Å². The van der Waals surface area contributed by atoms with E-state index in [1.807, 2.05) is 18.0 Å². The van der Waals surface area contributed by atoms with Gasteiger partial charge in [0.2, 0.25) is 20.1 Å². The molecule has 0 aliphatic carbocycles. The summed E-state index contributed by atoms with van der Waals surface area (Å²) in [7, 11) is -4.23. The van der Waals surface area contributed by atoms with Crippen LogP contribution in [0.5, 0.6) is 0 Å². The van der Waals surface area contributed by atoms with Crippen LogP contribution in [0.25, 0.3) is 4.96 Å². The predicted molar refractivity (Wildman–Crippen MR) is 92.9 cm³/mol. The van der Waals surface area contributed by atoms with E-state index in [-0.39, 0.29) is 13.1 Å². The van der Waals surface area contributed by atoms with E-state index in [2.05, 4.69) is 10.1 Å². The van der Waals surface area contributed by atoms with Gasteiger partial charge in [0.25, 0.3) is 0 Å². The third kappa shape index (κ3) is 2.85. The minimum Gasteiger partial charge on any atom is -0.344 e. The van der Waals surface area contributed by atoms with E-state index in [9.17, 15) is 17.2 Å². The average molecular weight is 399 g/mol. The molecule has 0 spiro atoms. The Kier molecular flexibility index (Phi) is 4.16. The molecule has 11 heteroatoms. The maximum Gasteiger partial charge on any atom is 0.249 e. The van der Waals surface area contributed by atoms with Gasteiger partial charge in [-0.3, -0.25) is 0 Å². The Labute approximate surface area is 152 Å². The lowest BCUT2D eigenvalue weighted by Gasteiger charge is -2.33. The summed E-state index contributed by atoms with van der Waals surface area (Å²) in [6.07, 6.45) is 1.82. The number of nitrogens with zero attached hydrogens (tertiary/aromatic N) is 5. The van der Waals surface area contributed by atoms with Crippen molar-refractivity contribution in [2.75, 3.05) is 31.1 Å². The minimum atomic E-state index is -4.23. The number of rotatable bonds is 3. The molecule has 3 heterocycles. The standard InChI is InChI=1S/C15H15F2N5O2S2/c1-10-9-22-14(18-10)25-15(19-22)20-5-7-21(8-6-20)26(23,24)13-11(16)3-2-4-12(13)17/h2-4,9H,5-8H2,1H3. The normalized spacial score (nSPS) is 16.5. The Morgan fingerprint density at radius 3 is 2.38 bits per heavy atom. The van der Waals surface area contributed by atoms with E-state index in [0.29, 0.717) is 13.1 Å². The van der Waals surface area contributed by atoms with Gasteiger partial charge in [-0.05, 0) is 19.1 Å². The zero-order chi connectivity index (χ0) is 18.5. The molecule has 1 saturated heterocycles. The summed E-state index contributed by atoms with van der Waals surface area (Å²) in [6.45, 7) is 2.89. The van der Waals surface area contributed by atoms with Gasteiger partial charge in [-0.15, -0.1) is 5.10 Å². The summed E-state index contributed by atoms with van der Waals surface area (Å²) in [5.41, 5.74) is 0.873. The van der Waals surface area contributed by atoms with Gasteiger partial charge in [0, 0.05) is 26.2 Å². The Balaban J connectivity index is 1.53. The van der Waals surface area contributed by atoms with E-state index < -0.39 is 26.6 Å². The van der Waals surface area contributed by atoms with Crippen LogP contribution >= 0.6 is 11.3 Å². The van der Waals surface area contributed by atoms with Crippen LogP contribution in [0.3, 0.4) is 0 Å². The smallest absolute Gasteiger partial charge is 0.249 e. The van der Waals surface area contributed by atoms with Crippen LogP contribution in [-0.2, 0) is 10.0 Å². The van der Waals surface area contributed by atoms with Crippen molar-refractivity contribution < 1.29 is 17.2 Å². The second kappa shape index (κ2) is 6.25. The molecule has 3 aromatic rings. The molecule has 0 unspecified atom stereocenters. The first-order chi connectivity index (χ1) is 12.4. The molecule has 138 valence electrons. The van der Waals surface area contributed by atoms with E-state index >= 15 is 0 Å². The van der Waals surface area contributed by atoms with Crippen molar-refractivity contribution in [2.45, 2.75) is 11.8 Å². The zero-order valence-corrected chi connectivity index (χ0v) is 15.4. The number of anilines is 1. The third-order valence-corrected chi connectivity index (χ3v) is 7.11. The molecule has 0 saturated carbocycles. The fraction of sp³-hybridized carbons (Fsp3) is 0.333. The van der Waals surface area contributed by atoms with Crippen molar-refractivity contribution in [3.05, 3.63) is 41.7 Å². The number of aromatic nitrogens is 3. The summed E-state index contributed by atoms with van der Waals surface area (Å²) >= 11 is 1.41. The molecule has 1 aromatic carbocycles. The van der Waals surface area contributed by atoms with E-state index in [4.69, 9.17) is 0 Å². The van der Waals surface area contributed by atoms with Gasteiger partial charge in [-0.25, -0.2) is 26.7 Å². The van der Waals surface area contributed by atoms with E-state index in [1.165, 1.54) is 11.3 Å². The quantitative estimate of drug-likeness (QED) is 0.673. The molecule has 7 nitrogen and oxygen atoms in total. The van der Waals surface area contributed by atoms with Gasteiger partial charge < -0.3 is 4.90 Å². The fourth-order valence-corrected chi connectivity index (χ4v) is 5.42. The Hall–Kier alpha value is -2.11. The molecule has 0 atom stereocenters. The number of imidazole rings is 1. The zero-order valence-electron chi connectivity index (χ0n) is 13.8. The number of fused-ring (bicyclic) bond motifs is 1. The molecule has 26 heavy (non-hydrogen) atoms. The number of aryl methyl sites for hydroxylation is 1. The van der Waals surface area contributed by atoms with Crippen LogP contribution in [0, 0.1) is 18.6 Å². The van der Waals surface area contributed by atoms with Crippen LogP contribution in [0.2, 0.25) is 0 Å². The lowest BCUT2D eigenvalue weighted by atomic mass is 10.3. The first kappa shape index (κ1) is 17.3. The van der Waals surface area contributed by atoms with Crippen molar-refractivity contribution in [1.29, 1.82) is 0 Å². The molecule has 0 N–H and O–H groups in total. The van der Waals surface area contributed by atoms with Crippen molar-refractivity contribution in [3.8, 4) is 0 Å². The van der Waals surface area contributed by atoms with Crippen LogP contribution in [0.15, 0.2) is 29.3 Å². The summed E-state index contributed by atoms with van der Waals surface area (Å²) in [5, 5.41) is 5.18. The van der Waals surface area contributed by atoms with Gasteiger partial charge in [0.15, 0.2) is 4.90 Å². The van der Waals surface area contributed by atoms with Crippen LogP contribution in [0.4, 0.5) is 13.9 Å². The predicted octanol–water partition coefficient (Wildman–Crippen LogP) is 1.89. The topological polar surface area (TPSA) is 70.8 Å². The molecular formula is C15H15F2N5O2S2. The van der Waals surface area contributed by atoms with E-state index in [0.717, 1.165) is 38.3 Å². The monoisotopic (exact) mass is 399 g/mol. The molecule has 0 radical (unpaired) electrons. The first-order valence-electron chi connectivity index (χ1n) is 7.88. The van der Waals surface area contributed by atoms with Gasteiger partial charge in [-0.1, -0.05) is 17.4 Å². The largest absolute Gasteiger partial charge is 0.344 e. The highest BCUT2D eigenvalue weighted by Gasteiger charge is 2.33. The van der Waals surface area contributed by atoms with Gasteiger partial charge in [0.05, 0.1) is 11.9 Å². The highest BCUT2D eigenvalue weighted by Crippen LogP contribution is 2.27. The second-order valence-corrected chi connectivity index (χ2v) is 8.75. The maximum atomic E-state index is 13.9. The molecule has 4 rings (SSSR count). The fourth-order valence-electron chi connectivity index (χ4n) is 2.90. The molecule has 1 fully saturated rings. The molecule has 0 amide bonds. The summed E-state index contributed by atoms with van der Waals surface area (Å²) in [6, 6.07) is 3.03. The average Bonchev–Trinajstić information content (AvgIpc) is 3.12. The highest BCUT2D eigenvalue weighted by atomic mass is 32.2. The Morgan fingerprint density at radius 2 is 1.77 bits per heavy atom. The van der Waals surface area contributed by atoms with Crippen LogP contribution in [0.1, 0.15) is 5.69 Å². The van der Waals surface area contributed by atoms with Crippen molar-refractivity contribution in [1.82, 2.24) is 18.9 Å². The van der Waals surface area contributed by atoms with Crippen LogP contribution < -0.4 is 4.90 Å². The highest BCUT2D eigenvalue weighted by molar-refractivity contribution is 7.89. The Morgan fingerprint density at radius 1 is 1.12 bits per heavy atom. The summed E-state index contributed by atoms with van der Waals surface area (Å²) in [5.74, 6) is -2.16. The maximum absolute atomic E-state index is 13.9. The summed E-state index contributed by atoms with van der Waals surface area (Å²) < 4.78 is 55.8. The molecular weight excluding hydrogens is 384 g/mol. The Bertz CT molecular complexity index is 1020. The summed E-state index contributed by atoms with van der Waals surface area (Å²) in [4.78, 5) is 6.16. The molecule has 1 aliphatic rings. The van der Waals surface area contributed by atoms with Crippen LogP contribution in [-0.4, -0.2) is 53.5 Å². The first-order valence-corrected chi connectivity index (χ1v) is 10.1. The molecule has 0 bridgehead atoms. The molecule has 2 aromatic heterocycles.